The maximum absolute atomic E-state index is 13.9. The van der Waals surface area contributed by atoms with Crippen LogP contribution in [0.2, 0.25) is 0 Å². The summed E-state index contributed by atoms with van der Waals surface area (Å²) in [4.78, 5) is 26.5. The number of ether oxygens (including phenoxy) is 1. The SMILES string of the molecule is O=C1NC2(CCOc3ccccc32)C(=O)N1Cc1ccccc1F. The first kappa shape index (κ1) is 14.7. The molecule has 1 N–H and O–H groups in total. The Labute approximate surface area is 138 Å². The summed E-state index contributed by atoms with van der Waals surface area (Å²) in [5.41, 5.74) is -0.180. The topological polar surface area (TPSA) is 58.6 Å². The van der Waals surface area contributed by atoms with Gasteiger partial charge in [-0.05, 0) is 12.1 Å². The lowest BCUT2D eigenvalue weighted by Gasteiger charge is -2.33. The molecule has 4 rings (SSSR count). The number of benzene rings is 2. The Morgan fingerprint density at radius 2 is 1.88 bits per heavy atom. The average molecular weight is 326 g/mol. The van der Waals surface area contributed by atoms with Crippen LogP contribution in [0.1, 0.15) is 17.5 Å². The van der Waals surface area contributed by atoms with Crippen LogP contribution in [0, 0.1) is 5.82 Å². The fourth-order valence-corrected chi connectivity index (χ4v) is 3.31. The number of hydrogen-bond donors (Lipinski definition) is 1. The maximum Gasteiger partial charge on any atom is 0.325 e. The highest BCUT2D eigenvalue weighted by molar-refractivity contribution is 6.07. The molecule has 6 heteroatoms. The molecule has 5 nitrogen and oxygen atoms in total. The van der Waals surface area contributed by atoms with E-state index < -0.39 is 17.4 Å². The molecule has 2 aromatic carbocycles. The smallest absolute Gasteiger partial charge is 0.325 e. The van der Waals surface area contributed by atoms with Crippen LogP contribution in [0.15, 0.2) is 48.5 Å². The molecular weight excluding hydrogens is 311 g/mol. The van der Waals surface area contributed by atoms with E-state index in [1.165, 1.54) is 6.07 Å². The van der Waals surface area contributed by atoms with Crippen molar-refractivity contribution in [1.82, 2.24) is 10.2 Å². The van der Waals surface area contributed by atoms with E-state index in [1.807, 2.05) is 6.07 Å². The molecule has 1 spiro atoms. The second kappa shape index (κ2) is 5.33. The largest absolute Gasteiger partial charge is 0.493 e. The minimum absolute atomic E-state index is 0.0951. The van der Waals surface area contributed by atoms with E-state index in [4.69, 9.17) is 4.74 Å². The minimum Gasteiger partial charge on any atom is -0.493 e. The summed E-state index contributed by atoms with van der Waals surface area (Å²) >= 11 is 0. The summed E-state index contributed by atoms with van der Waals surface area (Å²) in [6.07, 6.45) is 0.350. The Bertz CT molecular complexity index is 839. The summed E-state index contributed by atoms with van der Waals surface area (Å²) in [5, 5.41) is 2.80. The summed E-state index contributed by atoms with van der Waals surface area (Å²) in [7, 11) is 0. The monoisotopic (exact) mass is 326 g/mol. The van der Waals surface area contributed by atoms with Crippen molar-refractivity contribution in [1.29, 1.82) is 0 Å². The zero-order valence-electron chi connectivity index (χ0n) is 12.8. The van der Waals surface area contributed by atoms with Gasteiger partial charge in [0.25, 0.3) is 5.91 Å². The van der Waals surface area contributed by atoms with Crippen molar-refractivity contribution in [2.24, 2.45) is 0 Å². The Hall–Kier alpha value is -2.89. The number of halogens is 1. The van der Waals surface area contributed by atoms with Gasteiger partial charge in [0.15, 0.2) is 5.54 Å². The van der Waals surface area contributed by atoms with Crippen LogP contribution < -0.4 is 10.1 Å². The Kier molecular flexibility index (Phi) is 3.26. The van der Waals surface area contributed by atoms with Gasteiger partial charge in [-0.25, -0.2) is 9.18 Å². The summed E-state index contributed by atoms with van der Waals surface area (Å²) in [6.45, 7) is 0.235. The quantitative estimate of drug-likeness (QED) is 0.863. The first-order chi connectivity index (χ1) is 11.6. The molecule has 24 heavy (non-hydrogen) atoms. The fraction of sp³-hybridized carbons (Fsp3) is 0.222. The molecule has 0 aromatic heterocycles. The molecule has 3 amide bonds. The van der Waals surface area contributed by atoms with Crippen LogP contribution in [0.5, 0.6) is 5.75 Å². The van der Waals surface area contributed by atoms with Gasteiger partial charge in [-0.3, -0.25) is 9.69 Å². The Balaban J connectivity index is 1.71. The zero-order valence-corrected chi connectivity index (χ0v) is 12.8. The number of hydrogen-bond acceptors (Lipinski definition) is 3. The molecule has 1 unspecified atom stereocenters. The highest BCUT2D eigenvalue weighted by Gasteiger charge is 2.54. The second-order valence-corrected chi connectivity index (χ2v) is 5.91. The second-order valence-electron chi connectivity index (χ2n) is 5.91. The van der Waals surface area contributed by atoms with Crippen molar-refractivity contribution < 1.29 is 18.7 Å². The number of urea groups is 1. The van der Waals surface area contributed by atoms with E-state index in [1.54, 1.807) is 36.4 Å². The molecule has 1 saturated heterocycles. The number of amides is 3. The van der Waals surface area contributed by atoms with Gasteiger partial charge in [0.05, 0.1) is 13.2 Å². The number of rotatable bonds is 2. The van der Waals surface area contributed by atoms with Crippen LogP contribution in [-0.4, -0.2) is 23.4 Å². The molecule has 2 heterocycles. The molecule has 0 bridgehead atoms. The highest BCUT2D eigenvalue weighted by Crippen LogP contribution is 2.41. The van der Waals surface area contributed by atoms with E-state index >= 15 is 0 Å². The highest BCUT2D eigenvalue weighted by atomic mass is 19.1. The van der Waals surface area contributed by atoms with Crippen molar-refractivity contribution in [3.8, 4) is 5.75 Å². The number of para-hydroxylation sites is 1. The summed E-state index contributed by atoms with van der Waals surface area (Å²) in [5.74, 6) is -0.219. The molecule has 2 aliphatic rings. The van der Waals surface area contributed by atoms with E-state index in [2.05, 4.69) is 5.32 Å². The van der Waals surface area contributed by atoms with Gasteiger partial charge in [-0.2, -0.15) is 0 Å². The van der Waals surface area contributed by atoms with Gasteiger partial charge in [0.2, 0.25) is 0 Å². The summed E-state index contributed by atoms with van der Waals surface area (Å²) < 4.78 is 19.5. The van der Waals surface area contributed by atoms with Crippen LogP contribution in [0.3, 0.4) is 0 Å². The normalized spacial score (nSPS) is 22.3. The predicted octanol–water partition coefficient (Wildman–Crippen LogP) is 2.56. The number of nitrogens with zero attached hydrogens (tertiary/aromatic N) is 1. The zero-order chi connectivity index (χ0) is 16.7. The van der Waals surface area contributed by atoms with Gasteiger partial charge >= 0.3 is 6.03 Å². The summed E-state index contributed by atoms with van der Waals surface area (Å²) in [6, 6.07) is 12.8. The van der Waals surface area contributed by atoms with Gasteiger partial charge in [0.1, 0.15) is 11.6 Å². The first-order valence-corrected chi connectivity index (χ1v) is 7.72. The van der Waals surface area contributed by atoms with Crippen molar-refractivity contribution >= 4 is 11.9 Å². The molecule has 1 atom stereocenters. The van der Waals surface area contributed by atoms with Gasteiger partial charge < -0.3 is 10.1 Å². The molecule has 2 aliphatic heterocycles. The number of fused-ring (bicyclic) bond motifs is 2. The van der Waals surface area contributed by atoms with E-state index in [0.29, 0.717) is 29.9 Å². The van der Waals surface area contributed by atoms with Crippen molar-refractivity contribution in [3.63, 3.8) is 0 Å². The van der Waals surface area contributed by atoms with Crippen LogP contribution in [0.25, 0.3) is 0 Å². The lowest BCUT2D eigenvalue weighted by molar-refractivity contribution is -0.133. The number of carbonyl (C=O) groups is 2. The van der Waals surface area contributed by atoms with Crippen molar-refractivity contribution in [2.75, 3.05) is 6.61 Å². The lowest BCUT2D eigenvalue weighted by atomic mass is 9.84. The van der Waals surface area contributed by atoms with Crippen LogP contribution in [-0.2, 0) is 16.9 Å². The molecule has 0 saturated carbocycles. The first-order valence-electron chi connectivity index (χ1n) is 7.72. The Morgan fingerprint density at radius 3 is 2.71 bits per heavy atom. The number of nitrogens with one attached hydrogen (secondary N) is 1. The molecular formula is C18H15FN2O3. The molecule has 0 aliphatic carbocycles. The number of imide groups is 1. The molecule has 2 aromatic rings. The third-order valence-corrected chi connectivity index (χ3v) is 4.54. The predicted molar refractivity (Wildman–Crippen MR) is 83.7 cm³/mol. The number of carbonyl (C=O) groups excluding carboxylic acids is 2. The molecule has 1 fully saturated rings. The lowest BCUT2D eigenvalue weighted by Crippen LogP contribution is -2.47. The molecule has 122 valence electrons. The van der Waals surface area contributed by atoms with E-state index in [0.717, 1.165) is 4.90 Å². The van der Waals surface area contributed by atoms with Gasteiger partial charge in [-0.1, -0.05) is 36.4 Å². The fourth-order valence-electron chi connectivity index (χ4n) is 3.31. The standard InChI is InChI=1S/C18H15FN2O3/c19-14-7-3-1-5-12(14)11-21-16(22)18(20-17(21)23)9-10-24-15-8-4-2-6-13(15)18/h1-8H,9-11H2,(H,20,23). The van der Waals surface area contributed by atoms with Crippen LogP contribution in [0.4, 0.5) is 9.18 Å². The van der Waals surface area contributed by atoms with Crippen LogP contribution >= 0.6 is 0 Å². The molecule has 0 radical (unpaired) electrons. The maximum atomic E-state index is 13.9. The minimum atomic E-state index is -1.13. The van der Waals surface area contributed by atoms with Crippen molar-refractivity contribution in [3.05, 3.63) is 65.5 Å². The third kappa shape index (κ3) is 2.06. The third-order valence-electron chi connectivity index (χ3n) is 4.54. The van der Waals surface area contributed by atoms with Gasteiger partial charge in [0, 0.05) is 17.5 Å². The average Bonchev–Trinajstić information content (AvgIpc) is 2.82. The van der Waals surface area contributed by atoms with E-state index in [9.17, 15) is 14.0 Å². The van der Waals surface area contributed by atoms with E-state index in [-0.39, 0.29) is 12.5 Å². The van der Waals surface area contributed by atoms with Gasteiger partial charge in [-0.15, -0.1) is 0 Å². The Morgan fingerprint density at radius 1 is 1.12 bits per heavy atom. The van der Waals surface area contributed by atoms with Crippen molar-refractivity contribution in [2.45, 2.75) is 18.5 Å².